The predicted molar refractivity (Wildman–Crippen MR) is 120 cm³/mol. The average molecular weight is 479 g/mol. The number of allylic oxidation sites excluding steroid dienone is 1. The summed E-state index contributed by atoms with van der Waals surface area (Å²) < 4.78 is 16.3. The Kier molecular flexibility index (Phi) is 6.21. The number of ether oxygens (including phenoxy) is 3. The smallest absolute Gasteiger partial charge is 0.337 e. The molecule has 34 heavy (non-hydrogen) atoms. The second kappa shape index (κ2) is 8.66. The van der Waals surface area contributed by atoms with E-state index in [1.54, 1.807) is 0 Å². The van der Waals surface area contributed by atoms with Crippen LogP contribution in [0.2, 0.25) is 0 Å². The van der Waals surface area contributed by atoms with Gasteiger partial charge in [-0.2, -0.15) is 0 Å². The number of hydrogen-bond donors (Lipinski definition) is 3. The topological polar surface area (TPSA) is 123 Å². The molecule has 5 aliphatic rings. The zero-order valence-corrected chi connectivity index (χ0v) is 20.3. The third kappa shape index (κ3) is 3.60. The number of Topliss-reactive ketones (excluding diaryl/α,β-unsaturated/α-hetero) is 1. The number of carbonyl (C=O) groups is 2. The molecule has 0 aromatic rings. The summed E-state index contributed by atoms with van der Waals surface area (Å²) in [5.74, 6) is 1.24. The Morgan fingerprint density at radius 1 is 1.03 bits per heavy atom. The molecule has 0 aromatic carbocycles. The fourth-order valence-corrected chi connectivity index (χ4v) is 7.98. The minimum absolute atomic E-state index is 0.0754. The fourth-order valence-electron chi connectivity index (χ4n) is 7.98. The van der Waals surface area contributed by atoms with Gasteiger partial charge in [0, 0.05) is 11.8 Å². The maximum absolute atomic E-state index is 12.6. The Morgan fingerprint density at radius 2 is 1.74 bits per heavy atom. The molecular formula is C26H38O8. The monoisotopic (exact) mass is 478 g/mol. The zero-order valence-electron chi connectivity index (χ0n) is 20.3. The lowest BCUT2D eigenvalue weighted by molar-refractivity contribution is -0.306. The van der Waals surface area contributed by atoms with Crippen molar-refractivity contribution in [3.8, 4) is 0 Å². The van der Waals surface area contributed by atoms with Crippen molar-refractivity contribution in [2.24, 2.45) is 28.6 Å². The average Bonchev–Trinajstić information content (AvgIpc) is 3.13. The second-order valence-electron chi connectivity index (χ2n) is 11.6. The minimum atomic E-state index is -1.59. The van der Waals surface area contributed by atoms with Gasteiger partial charge in [-0.3, -0.25) is 4.79 Å². The second-order valence-corrected chi connectivity index (χ2v) is 11.6. The van der Waals surface area contributed by atoms with Gasteiger partial charge in [-0.05, 0) is 68.1 Å². The van der Waals surface area contributed by atoms with Crippen LogP contribution in [0.4, 0.5) is 0 Å². The highest BCUT2D eigenvalue weighted by atomic mass is 16.7. The summed E-state index contributed by atoms with van der Waals surface area (Å²) >= 11 is 0. The predicted octanol–water partition coefficient (Wildman–Crippen LogP) is 1.88. The lowest BCUT2D eigenvalue weighted by Crippen LogP contribution is -2.61. The van der Waals surface area contributed by atoms with E-state index in [-0.39, 0.29) is 16.9 Å². The van der Waals surface area contributed by atoms with Gasteiger partial charge in [0.05, 0.1) is 13.2 Å². The number of hydrogen-bond acceptors (Lipinski definition) is 8. The summed E-state index contributed by atoms with van der Waals surface area (Å²) in [6, 6.07) is 0. The highest BCUT2D eigenvalue weighted by Crippen LogP contribution is 2.64. The van der Waals surface area contributed by atoms with Crippen LogP contribution in [0.25, 0.3) is 0 Å². The van der Waals surface area contributed by atoms with Crippen molar-refractivity contribution in [3.05, 3.63) is 11.6 Å². The Labute approximate surface area is 200 Å². The first kappa shape index (κ1) is 24.4. The first-order valence-corrected chi connectivity index (χ1v) is 12.8. The molecule has 5 rings (SSSR count). The Hall–Kier alpha value is -1.32. The maximum Gasteiger partial charge on any atom is 0.337 e. The number of methoxy groups -OCH3 is 1. The van der Waals surface area contributed by atoms with Crippen molar-refractivity contribution in [1.82, 2.24) is 0 Å². The van der Waals surface area contributed by atoms with Gasteiger partial charge < -0.3 is 29.5 Å². The van der Waals surface area contributed by atoms with Crippen LogP contribution in [0.3, 0.4) is 0 Å². The largest absolute Gasteiger partial charge is 0.467 e. The summed E-state index contributed by atoms with van der Waals surface area (Å²) in [4.78, 5) is 24.6. The highest BCUT2D eigenvalue weighted by Gasteiger charge is 2.59. The first-order valence-electron chi connectivity index (χ1n) is 12.8. The van der Waals surface area contributed by atoms with Crippen LogP contribution in [0.5, 0.6) is 0 Å². The van der Waals surface area contributed by atoms with Crippen molar-refractivity contribution in [1.29, 1.82) is 0 Å². The van der Waals surface area contributed by atoms with E-state index in [4.69, 9.17) is 9.47 Å². The molecule has 11 atom stereocenters. The van der Waals surface area contributed by atoms with Crippen LogP contribution in [-0.2, 0) is 23.8 Å². The Morgan fingerprint density at radius 3 is 2.47 bits per heavy atom. The molecule has 1 saturated heterocycles. The number of rotatable bonds is 3. The van der Waals surface area contributed by atoms with E-state index < -0.39 is 36.7 Å². The third-order valence-electron chi connectivity index (χ3n) is 10.1. The van der Waals surface area contributed by atoms with Gasteiger partial charge in [-0.15, -0.1) is 0 Å². The molecular weight excluding hydrogens is 440 g/mol. The van der Waals surface area contributed by atoms with Gasteiger partial charge in [0.25, 0.3) is 0 Å². The lowest BCUT2D eigenvalue weighted by atomic mass is 9.48. The van der Waals surface area contributed by atoms with Crippen LogP contribution in [0, 0.1) is 28.6 Å². The van der Waals surface area contributed by atoms with Crippen molar-refractivity contribution >= 4 is 11.8 Å². The minimum Gasteiger partial charge on any atom is -0.467 e. The molecule has 4 aliphatic carbocycles. The molecule has 0 bridgehead atoms. The summed E-state index contributed by atoms with van der Waals surface area (Å²) in [7, 11) is 1.17. The maximum atomic E-state index is 12.6. The van der Waals surface area contributed by atoms with Gasteiger partial charge >= 0.3 is 5.97 Å². The van der Waals surface area contributed by atoms with Gasteiger partial charge in [-0.25, -0.2) is 4.79 Å². The van der Waals surface area contributed by atoms with Crippen LogP contribution in [0.1, 0.15) is 65.2 Å². The van der Waals surface area contributed by atoms with E-state index in [1.165, 1.54) is 12.7 Å². The van der Waals surface area contributed by atoms with Crippen molar-refractivity contribution in [2.75, 3.05) is 7.11 Å². The Bertz CT molecular complexity index is 871. The van der Waals surface area contributed by atoms with E-state index >= 15 is 0 Å². The SMILES string of the molecule is COC(=O)C1OC(O[C@H]2CC[C@@]3(C)C(=CCC4C3CC[C@]3(C)C(=O)CCC43)C2)C(O)C(O)C1O. The standard InChI is InChI=1S/C26H38O8/c1-25-10-8-14(33-24-21(30)19(28)20(29)22(34-24)23(31)32-3)12-13(25)4-5-15-16-6-7-18(27)26(16,2)11-9-17(15)25/h4,14-17,19-22,24,28-30H,5-12H2,1-3H3/t14-,15?,16?,17?,19?,20?,21?,22?,24?,25-,26-/m0/s1. The number of aliphatic hydroxyl groups is 3. The Balaban J connectivity index is 1.29. The fraction of sp³-hybridized carbons (Fsp3) is 0.846. The summed E-state index contributed by atoms with van der Waals surface area (Å²) in [6.07, 6.45) is 2.09. The van der Waals surface area contributed by atoms with Crippen LogP contribution < -0.4 is 0 Å². The molecule has 0 spiro atoms. The lowest BCUT2D eigenvalue weighted by Gasteiger charge is -2.57. The number of aliphatic hydroxyl groups excluding tert-OH is 3. The molecule has 8 heteroatoms. The molecule has 3 N–H and O–H groups in total. The van der Waals surface area contributed by atoms with Crippen LogP contribution >= 0.6 is 0 Å². The number of ketones is 1. The number of fused-ring (bicyclic) bond motifs is 5. The molecule has 0 aromatic heterocycles. The molecule has 4 fully saturated rings. The molecule has 1 heterocycles. The molecule has 190 valence electrons. The molecule has 8 nitrogen and oxygen atoms in total. The summed E-state index contributed by atoms with van der Waals surface area (Å²) in [5, 5.41) is 30.8. The van der Waals surface area contributed by atoms with Crippen molar-refractivity contribution < 1.29 is 39.1 Å². The van der Waals surface area contributed by atoms with Crippen LogP contribution in [-0.4, -0.2) is 71.0 Å². The molecule has 0 amide bonds. The molecule has 1 aliphatic heterocycles. The first-order chi connectivity index (χ1) is 16.1. The van der Waals surface area contributed by atoms with E-state index in [9.17, 15) is 24.9 Å². The van der Waals surface area contributed by atoms with Gasteiger partial charge in [0.2, 0.25) is 0 Å². The normalized spacial score (nSPS) is 50.6. The van der Waals surface area contributed by atoms with Gasteiger partial charge in [0.15, 0.2) is 12.4 Å². The van der Waals surface area contributed by atoms with Crippen molar-refractivity contribution in [2.45, 2.75) is 102 Å². The summed E-state index contributed by atoms with van der Waals surface area (Å²) in [5.41, 5.74) is 1.30. The van der Waals surface area contributed by atoms with E-state index in [0.29, 0.717) is 30.0 Å². The van der Waals surface area contributed by atoms with Crippen LogP contribution in [0.15, 0.2) is 11.6 Å². The molecule has 3 saturated carbocycles. The zero-order chi connectivity index (χ0) is 24.4. The number of carbonyl (C=O) groups excluding carboxylic acids is 2. The van der Waals surface area contributed by atoms with E-state index in [0.717, 1.165) is 44.9 Å². The quantitative estimate of drug-likeness (QED) is 0.415. The summed E-state index contributed by atoms with van der Waals surface area (Å²) in [6.45, 7) is 4.56. The van der Waals surface area contributed by atoms with Crippen molar-refractivity contribution in [3.63, 3.8) is 0 Å². The highest BCUT2D eigenvalue weighted by molar-refractivity contribution is 5.87. The number of esters is 1. The van der Waals surface area contributed by atoms with Gasteiger partial charge in [-0.1, -0.05) is 25.5 Å². The van der Waals surface area contributed by atoms with E-state index in [2.05, 4.69) is 24.7 Å². The molecule has 8 unspecified atom stereocenters. The third-order valence-corrected chi connectivity index (χ3v) is 10.1. The van der Waals surface area contributed by atoms with E-state index in [1.807, 2.05) is 0 Å². The molecule has 0 radical (unpaired) electrons. The van der Waals surface area contributed by atoms with Gasteiger partial charge in [0.1, 0.15) is 24.1 Å².